The molecule has 0 bridgehead atoms. The van der Waals surface area contributed by atoms with Crippen LogP contribution in [-0.2, 0) is 6.54 Å². The van der Waals surface area contributed by atoms with E-state index in [1.807, 2.05) is 13.1 Å². The molecule has 0 saturated carbocycles. The molecule has 1 aromatic carbocycles. The van der Waals surface area contributed by atoms with Gasteiger partial charge in [-0.2, -0.15) is 0 Å². The van der Waals surface area contributed by atoms with Crippen molar-refractivity contribution in [1.29, 1.82) is 0 Å². The summed E-state index contributed by atoms with van der Waals surface area (Å²) in [4.78, 5) is 4.37. The first kappa shape index (κ1) is 12.6. The van der Waals surface area contributed by atoms with Gasteiger partial charge in [-0.3, -0.25) is 4.98 Å². The zero-order chi connectivity index (χ0) is 13.1. The highest BCUT2D eigenvalue weighted by atomic mass is 14.9. The number of aromatic nitrogens is 1. The summed E-state index contributed by atoms with van der Waals surface area (Å²) in [5, 5.41) is 3.43. The minimum absolute atomic E-state index is 0.845. The smallest absolute Gasteiger partial charge is 0.0532 e. The van der Waals surface area contributed by atoms with Crippen LogP contribution in [0.4, 0.5) is 5.69 Å². The van der Waals surface area contributed by atoms with E-state index in [1.165, 1.54) is 22.3 Å². The number of anilines is 1. The summed E-state index contributed by atoms with van der Waals surface area (Å²) in [6.45, 7) is 9.29. The van der Waals surface area contributed by atoms with Crippen molar-refractivity contribution in [2.75, 3.05) is 5.32 Å². The van der Waals surface area contributed by atoms with Crippen LogP contribution < -0.4 is 5.32 Å². The second-order valence-corrected chi connectivity index (χ2v) is 4.84. The summed E-state index contributed by atoms with van der Waals surface area (Å²) >= 11 is 0. The fourth-order valence-electron chi connectivity index (χ4n) is 1.94. The lowest BCUT2D eigenvalue weighted by Crippen LogP contribution is -2.03. The molecule has 0 amide bonds. The van der Waals surface area contributed by atoms with E-state index in [2.05, 4.69) is 55.3 Å². The van der Waals surface area contributed by atoms with Gasteiger partial charge < -0.3 is 5.32 Å². The number of hydrogen-bond acceptors (Lipinski definition) is 2. The second kappa shape index (κ2) is 5.21. The monoisotopic (exact) mass is 240 g/mol. The normalized spacial score (nSPS) is 10.4. The van der Waals surface area contributed by atoms with Crippen LogP contribution in [0.5, 0.6) is 0 Å². The zero-order valence-corrected chi connectivity index (χ0v) is 11.5. The SMILES string of the molecule is Cc1cc(NCc2cccc(C)c2C)cnc1C. The lowest BCUT2D eigenvalue weighted by molar-refractivity contribution is 1.08. The summed E-state index contributed by atoms with van der Waals surface area (Å²) in [6, 6.07) is 8.58. The van der Waals surface area contributed by atoms with Gasteiger partial charge >= 0.3 is 0 Å². The number of nitrogens with one attached hydrogen (secondary N) is 1. The van der Waals surface area contributed by atoms with Gasteiger partial charge in [0.2, 0.25) is 0 Å². The highest BCUT2D eigenvalue weighted by Gasteiger charge is 2.01. The standard InChI is InChI=1S/C16H20N2/c1-11-6-5-7-15(13(11)3)9-18-16-8-12(2)14(4)17-10-16/h5-8,10,18H,9H2,1-4H3. The Morgan fingerprint density at radius 3 is 2.56 bits per heavy atom. The molecule has 0 saturated heterocycles. The van der Waals surface area contributed by atoms with Crippen LogP contribution in [-0.4, -0.2) is 4.98 Å². The highest BCUT2D eigenvalue weighted by Crippen LogP contribution is 2.16. The van der Waals surface area contributed by atoms with Gasteiger partial charge in [0.15, 0.2) is 0 Å². The maximum Gasteiger partial charge on any atom is 0.0532 e. The third kappa shape index (κ3) is 2.70. The molecule has 18 heavy (non-hydrogen) atoms. The second-order valence-electron chi connectivity index (χ2n) is 4.84. The van der Waals surface area contributed by atoms with Crippen molar-refractivity contribution in [3.05, 3.63) is 58.4 Å². The van der Waals surface area contributed by atoms with Crippen LogP contribution in [0.2, 0.25) is 0 Å². The summed E-state index contributed by atoms with van der Waals surface area (Å²) in [5.74, 6) is 0. The van der Waals surface area contributed by atoms with Crippen LogP contribution in [0.3, 0.4) is 0 Å². The molecule has 0 aliphatic rings. The molecule has 2 nitrogen and oxygen atoms in total. The van der Waals surface area contributed by atoms with Crippen molar-refractivity contribution in [3.63, 3.8) is 0 Å². The van der Waals surface area contributed by atoms with E-state index in [9.17, 15) is 0 Å². The van der Waals surface area contributed by atoms with E-state index in [1.54, 1.807) is 0 Å². The van der Waals surface area contributed by atoms with E-state index >= 15 is 0 Å². The Hall–Kier alpha value is -1.83. The van der Waals surface area contributed by atoms with Crippen molar-refractivity contribution in [2.45, 2.75) is 34.2 Å². The number of benzene rings is 1. The van der Waals surface area contributed by atoms with Crippen LogP contribution >= 0.6 is 0 Å². The van der Waals surface area contributed by atoms with E-state index in [4.69, 9.17) is 0 Å². The van der Waals surface area contributed by atoms with E-state index < -0.39 is 0 Å². The Labute approximate surface area is 109 Å². The van der Waals surface area contributed by atoms with Gasteiger partial charge in [-0.25, -0.2) is 0 Å². The number of nitrogens with zero attached hydrogens (tertiary/aromatic N) is 1. The van der Waals surface area contributed by atoms with Crippen molar-refractivity contribution in [3.8, 4) is 0 Å². The number of aryl methyl sites for hydroxylation is 3. The maximum atomic E-state index is 4.37. The lowest BCUT2D eigenvalue weighted by Gasteiger charge is -2.11. The number of hydrogen-bond donors (Lipinski definition) is 1. The van der Waals surface area contributed by atoms with Crippen molar-refractivity contribution >= 4 is 5.69 Å². The molecule has 0 atom stereocenters. The van der Waals surface area contributed by atoms with E-state index in [0.717, 1.165) is 17.9 Å². The average molecular weight is 240 g/mol. The molecule has 0 aliphatic heterocycles. The molecule has 1 aromatic heterocycles. The minimum atomic E-state index is 0.845. The van der Waals surface area contributed by atoms with Gasteiger partial charge in [-0.05, 0) is 56.0 Å². The first-order valence-electron chi connectivity index (χ1n) is 6.30. The lowest BCUT2D eigenvalue weighted by atomic mass is 10.0. The first-order chi connectivity index (χ1) is 8.58. The van der Waals surface area contributed by atoms with Gasteiger partial charge in [-0.1, -0.05) is 18.2 Å². The molecule has 2 rings (SSSR count). The average Bonchev–Trinajstić information content (AvgIpc) is 2.35. The first-order valence-corrected chi connectivity index (χ1v) is 6.30. The van der Waals surface area contributed by atoms with Crippen LogP contribution in [0.15, 0.2) is 30.5 Å². The highest BCUT2D eigenvalue weighted by molar-refractivity contribution is 5.46. The molecular weight excluding hydrogens is 220 g/mol. The third-order valence-electron chi connectivity index (χ3n) is 3.54. The molecule has 0 aliphatic carbocycles. The molecule has 0 spiro atoms. The van der Waals surface area contributed by atoms with E-state index in [0.29, 0.717) is 0 Å². The van der Waals surface area contributed by atoms with Crippen LogP contribution in [0.25, 0.3) is 0 Å². The summed E-state index contributed by atoms with van der Waals surface area (Å²) in [7, 11) is 0. The van der Waals surface area contributed by atoms with Crippen molar-refractivity contribution < 1.29 is 0 Å². The number of pyridine rings is 1. The van der Waals surface area contributed by atoms with E-state index in [-0.39, 0.29) is 0 Å². The third-order valence-corrected chi connectivity index (χ3v) is 3.54. The molecule has 2 aromatic rings. The van der Waals surface area contributed by atoms with Gasteiger partial charge in [0, 0.05) is 12.2 Å². The zero-order valence-electron chi connectivity index (χ0n) is 11.5. The topological polar surface area (TPSA) is 24.9 Å². The molecular formula is C16H20N2. The predicted molar refractivity (Wildman–Crippen MR) is 77.0 cm³/mol. The van der Waals surface area contributed by atoms with Gasteiger partial charge in [0.05, 0.1) is 11.9 Å². The summed E-state index contributed by atoms with van der Waals surface area (Å²) < 4.78 is 0. The van der Waals surface area contributed by atoms with Crippen molar-refractivity contribution in [2.24, 2.45) is 0 Å². The van der Waals surface area contributed by atoms with Gasteiger partial charge in [0.25, 0.3) is 0 Å². The molecule has 0 unspecified atom stereocenters. The summed E-state index contributed by atoms with van der Waals surface area (Å²) in [5.41, 5.74) is 7.44. The fourth-order valence-corrected chi connectivity index (χ4v) is 1.94. The quantitative estimate of drug-likeness (QED) is 0.879. The van der Waals surface area contributed by atoms with Crippen LogP contribution in [0.1, 0.15) is 27.9 Å². The summed E-state index contributed by atoms with van der Waals surface area (Å²) in [6.07, 6.45) is 1.90. The molecule has 1 N–H and O–H groups in total. The molecule has 0 fully saturated rings. The Balaban J connectivity index is 2.11. The Morgan fingerprint density at radius 1 is 1.06 bits per heavy atom. The minimum Gasteiger partial charge on any atom is -0.380 e. The molecule has 94 valence electrons. The number of rotatable bonds is 3. The largest absolute Gasteiger partial charge is 0.380 e. The maximum absolute atomic E-state index is 4.37. The van der Waals surface area contributed by atoms with Gasteiger partial charge in [-0.15, -0.1) is 0 Å². The fraction of sp³-hybridized carbons (Fsp3) is 0.312. The Bertz CT molecular complexity index is 559. The van der Waals surface area contributed by atoms with Crippen molar-refractivity contribution in [1.82, 2.24) is 4.98 Å². The Kier molecular flexibility index (Phi) is 3.66. The molecule has 2 heteroatoms. The molecule has 0 radical (unpaired) electrons. The van der Waals surface area contributed by atoms with Crippen LogP contribution in [0, 0.1) is 27.7 Å². The molecule has 1 heterocycles. The predicted octanol–water partition coefficient (Wildman–Crippen LogP) is 3.93. The Morgan fingerprint density at radius 2 is 1.83 bits per heavy atom. The van der Waals surface area contributed by atoms with Gasteiger partial charge in [0.1, 0.15) is 0 Å².